The van der Waals surface area contributed by atoms with E-state index in [1.165, 1.54) is 19.3 Å². The Morgan fingerprint density at radius 1 is 1.38 bits per heavy atom. The molecule has 1 saturated carbocycles. The van der Waals surface area contributed by atoms with Gasteiger partial charge in [0.15, 0.2) is 0 Å². The highest BCUT2D eigenvalue weighted by Gasteiger charge is 2.20. The van der Waals surface area contributed by atoms with E-state index in [0.29, 0.717) is 12.5 Å². The normalized spacial score (nSPS) is 17.4. The molecule has 3 amide bonds. The third-order valence-electron chi connectivity index (χ3n) is 2.90. The lowest BCUT2D eigenvalue weighted by atomic mass is 9.85. The average Bonchev–Trinajstić information content (AvgIpc) is 2.15. The molecule has 1 atom stereocenters. The van der Waals surface area contributed by atoms with Gasteiger partial charge in [0, 0.05) is 6.54 Å². The van der Waals surface area contributed by atoms with Crippen LogP contribution in [0.1, 0.15) is 33.1 Å². The van der Waals surface area contributed by atoms with Crippen molar-refractivity contribution >= 4 is 11.9 Å². The van der Waals surface area contributed by atoms with Crippen LogP contribution < -0.4 is 16.0 Å². The molecule has 0 aromatic heterocycles. The second-order valence-electron chi connectivity index (χ2n) is 4.28. The highest BCUT2D eigenvalue weighted by Crippen LogP contribution is 2.25. The third-order valence-corrected chi connectivity index (χ3v) is 2.90. The maximum absolute atomic E-state index is 11.5. The average molecular weight is 227 g/mol. The fraction of sp³-hybridized carbons (Fsp3) is 0.818. The van der Waals surface area contributed by atoms with Crippen molar-refractivity contribution in [2.24, 2.45) is 5.92 Å². The van der Waals surface area contributed by atoms with Gasteiger partial charge in [0.25, 0.3) is 0 Å². The van der Waals surface area contributed by atoms with Crippen LogP contribution in [0.3, 0.4) is 0 Å². The summed E-state index contributed by atoms with van der Waals surface area (Å²) in [6, 6.07) is -0.743. The number of imide groups is 1. The summed E-state index contributed by atoms with van der Waals surface area (Å²) in [5.41, 5.74) is 0. The molecule has 0 aliphatic heterocycles. The topological polar surface area (TPSA) is 70.2 Å². The molecule has 0 radical (unpaired) electrons. The van der Waals surface area contributed by atoms with Crippen molar-refractivity contribution in [2.75, 3.05) is 13.1 Å². The van der Waals surface area contributed by atoms with Gasteiger partial charge in [-0.3, -0.25) is 10.1 Å². The van der Waals surface area contributed by atoms with Crippen LogP contribution in [0.15, 0.2) is 0 Å². The zero-order chi connectivity index (χ0) is 12.0. The molecule has 0 aromatic carbocycles. The van der Waals surface area contributed by atoms with Crippen LogP contribution in [0.4, 0.5) is 4.79 Å². The summed E-state index contributed by atoms with van der Waals surface area (Å²) in [6.45, 7) is 4.96. The van der Waals surface area contributed by atoms with E-state index in [1.54, 1.807) is 6.92 Å². The second-order valence-corrected chi connectivity index (χ2v) is 4.28. The number of amides is 3. The van der Waals surface area contributed by atoms with Gasteiger partial charge in [0.1, 0.15) is 0 Å². The number of hydrogen-bond donors (Lipinski definition) is 3. The Hall–Kier alpha value is -1.10. The summed E-state index contributed by atoms with van der Waals surface area (Å²) >= 11 is 0. The van der Waals surface area contributed by atoms with Gasteiger partial charge in [0.05, 0.1) is 6.04 Å². The molecule has 0 saturated heterocycles. The van der Waals surface area contributed by atoms with Crippen molar-refractivity contribution in [3.63, 3.8) is 0 Å². The van der Waals surface area contributed by atoms with Crippen molar-refractivity contribution in [2.45, 2.75) is 39.2 Å². The van der Waals surface area contributed by atoms with Gasteiger partial charge in [-0.2, -0.15) is 0 Å². The first-order chi connectivity index (χ1) is 7.63. The molecular weight excluding hydrogens is 206 g/mol. The Morgan fingerprint density at radius 3 is 2.56 bits per heavy atom. The predicted molar refractivity (Wildman–Crippen MR) is 62.0 cm³/mol. The van der Waals surface area contributed by atoms with Crippen molar-refractivity contribution in [3.05, 3.63) is 0 Å². The smallest absolute Gasteiger partial charge is 0.321 e. The van der Waals surface area contributed by atoms with Gasteiger partial charge in [-0.1, -0.05) is 6.42 Å². The molecule has 5 nitrogen and oxygen atoms in total. The van der Waals surface area contributed by atoms with Crippen molar-refractivity contribution < 1.29 is 9.59 Å². The minimum Gasteiger partial charge on any atom is -0.338 e. The van der Waals surface area contributed by atoms with E-state index in [0.717, 1.165) is 6.54 Å². The van der Waals surface area contributed by atoms with Crippen molar-refractivity contribution in [3.8, 4) is 0 Å². The Bertz CT molecular complexity index is 252. The Morgan fingerprint density at radius 2 is 2.06 bits per heavy atom. The van der Waals surface area contributed by atoms with Gasteiger partial charge in [0.2, 0.25) is 5.91 Å². The molecule has 1 rings (SSSR count). The van der Waals surface area contributed by atoms with Gasteiger partial charge in [-0.25, -0.2) is 4.79 Å². The molecular formula is C11H21N3O2. The van der Waals surface area contributed by atoms with Crippen molar-refractivity contribution in [1.29, 1.82) is 0 Å². The number of urea groups is 1. The van der Waals surface area contributed by atoms with Crippen LogP contribution in [0, 0.1) is 5.92 Å². The Balaban J connectivity index is 2.16. The van der Waals surface area contributed by atoms with Gasteiger partial charge >= 0.3 is 6.03 Å². The molecule has 1 aliphatic carbocycles. The molecule has 0 spiro atoms. The number of carbonyl (C=O) groups is 2. The Labute approximate surface area is 96.4 Å². The highest BCUT2D eigenvalue weighted by molar-refractivity contribution is 5.96. The summed E-state index contributed by atoms with van der Waals surface area (Å²) < 4.78 is 0. The molecule has 1 fully saturated rings. The van der Waals surface area contributed by atoms with E-state index in [4.69, 9.17) is 0 Å². The van der Waals surface area contributed by atoms with Gasteiger partial charge in [-0.05, 0) is 39.2 Å². The number of rotatable bonds is 5. The van der Waals surface area contributed by atoms with Crippen LogP contribution in [0.5, 0.6) is 0 Å². The van der Waals surface area contributed by atoms with E-state index >= 15 is 0 Å². The van der Waals surface area contributed by atoms with Gasteiger partial charge < -0.3 is 10.6 Å². The van der Waals surface area contributed by atoms with Crippen LogP contribution >= 0.6 is 0 Å². The molecule has 1 unspecified atom stereocenters. The van der Waals surface area contributed by atoms with Gasteiger partial charge in [-0.15, -0.1) is 0 Å². The fourth-order valence-electron chi connectivity index (χ4n) is 1.56. The largest absolute Gasteiger partial charge is 0.338 e. The standard InChI is InChI=1S/C11H21N3O2/c1-3-12-11(16)14-10(15)8(2)13-7-9-5-4-6-9/h8-9,13H,3-7H2,1-2H3,(H2,12,14,15,16). The summed E-state index contributed by atoms with van der Waals surface area (Å²) in [5.74, 6) is 0.435. The molecule has 0 heterocycles. The number of carbonyl (C=O) groups excluding carboxylic acids is 2. The molecule has 16 heavy (non-hydrogen) atoms. The minimum absolute atomic E-state index is 0.273. The highest BCUT2D eigenvalue weighted by atomic mass is 16.2. The van der Waals surface area contributed by atoms with Crippen molar-refractivity contribution in [1.82, 2.24) is 16.0 Å². The molecule has 1 aliphatic rings. The maximum Gasteiger partial charge on any atom is 0.321 e. The van der Waals surface area contributed by atoms with Crippen LogP contribution in [0.25, 0.3) is 0 Å². The van der Waals surface area contributed by atoms with Crippen LogP contribution in [-0.2, 0) is 4.79 Å². The van der Waals surface area contributed by atoms with E-state index < -0.39 is 6.03 Å². The lowest BCUT2D eigenvalue weighted by Crippen LogP contribution is -2.49. The molecule has 0 bridgehead atoms. The molecule has 5 heteroatoms. The summed E-state index contributed by atoms with van der Waals surface area (Å²) in [4.78, 5) is 22.6. The predicted octanol–water partition coefficient (Wildman–Crippen LogP) is 0.610. The monoisotopic (exact) mass is 227 g/mol. The quantitative estimate of drug-likeness (QED) is 0.644. The third kappa shape index (κ3) is 4.18. The zero-order valence-electron chi connectivity index (χ0n) is 10.0. The lowest BCUT2D eigenvalue weighted by Gasteiger charge is -2.26. The maximum atomic E-state index is 11.5. The summed E-state index contributed by atoms with van der Waals surface area (Å²) in [5, 5.41) is 7.95. The summed E-state index contributed by atoms with van der Waals surface area (Å²) in [6.07, 6.45) is 3.79. The van der Waals surface area contributed by atoms with E-state index in [9.17, 15) is 9.59 Å². The molecule has 3 N–H and O–H groups in total. The second kappa shape index (κ2) is 6.48. The number of nitrogens with one attached hydrogen (secondary N) is 3. The summed E-state index contributed by atoms with van der Waals surface area (Å²) in [7, 11) is 0. The number of hydrogen-bond acceptors (Lipinski definition) is 3. The Kier molecular flexibility index (Phi) is 5.25. The van der Waals surface area contributed by atoms with Crippen LogP contribution in [-0.4, -0.2) is 31.1 Å². The fourth-order valence-corrected chi connectivity index (χ4v) is 1.56. The minimum atomic E-state index is -0.426. The van der Waals surface area contributed by atoms with E-state index in [1.807, 2.05) is 6.92 Å². The van der Waals surface area contributed by atoms with Crippen LogP contribution in [0.2, 0.25) is 0 Å². The van der Waals surface area contributed by atoms with E-state index in [2.05, 4.69) is 16.0 Å². The lowest BCUT2D eigenvalue weighted by molar-refractivity contribution is -0.121. The first kappa shape index (κ1) is 13.0. The molecule has 92 valence electrons. The first-order valence-electron chi connectivity index (χ1n) is 5.95. The van der Waals surface area contributed by atoms with E-state index in [-0.39, 0.29) is 11.9 Å². The molecule has 0 aromatic rings. The first-order valence-corrected chi connectivity index (χ1v) is 5.95. The SMILES string of the molecule is CCNC(=O)NC(=O)C(C)NCC1CCC1. The zero-order valence-corrected chi connectivity index (χ0v) is 10.0.